The third-order valence-corrected chi connectivity index (χ3v) is 5.75. The molecule has 106 valence electrons. The Morgan fingerprint density at radius 3 is 2.32 bits per heavy atom. The maximum atomic E-state index is 6.37. The second-order valence-corrected chi connectivity index (χ2v) is 6.96. The minimum absolute atomic E-state index is 0.279. The number of rotatable bonds is 3. The van der Waals surface area contributed by atoms with Crippen LogP contribution < -0.4 is 4.74 Å². The van der Waals surface area contributed by atoms with E-state index >= 15 is 0 Å². The normalized spacial score (nSPS) is 18.9. The second kappa shape index (κ2) is 7.19. The highest BCUT2D eigenvalue weighted by Crippen LogP contribution is 2.44. The van der Waals surface area contributed by atoms with Gasteiger partial charge in [-0.15, -0.1) is 0 Å². The van der Waals surface area contributed by atoms with E-state index in [0.717, 1.165) is 10.6 Å². The third kappa shape index (κ3) is 3.80. The van der Waals surface area contributed by atoms with Gasteiger partial charge in [-0.05, 0) is 30.4 Å². The van der Waals surface area contributed by atoms with Gasteiger partial charge in [0.2, 0.25) is 0 Å². The highest BCUT2D eigenvalue weighted by molar-refractivity contribution is 9.09. The summed E-state index contributed by atoms with van der Waals surface area (Å²) in [7, 11) is 1.61. The van der Waals surface area contributed by atoms with Gasteiger partial charge in [0, 0.05) is 15.9 Å². The zero-order valence-electron chi connectivity index (χ0n) is 11.1. The Kier molecular flexibility index (Phi) is 5.86. The Balaban J connectivity index is 2.22. The highest BCUT2D eigenvalue weighted by Gasteiger charge is 2.24. The Morgan fingerprint density at radius 1 is 1.11 bits per heavy atom. The van der Waals surface area contributed by atoms with Crippen molar-refractivity contribution in [3.8, 4) is 5.75 Å². The molecule has 0 saturated heterocycles. The van der Waals surface area contributed by atoms with Crippen molar-refractivity contribution in [2.45, 2.75) is 43.4 Å². The minimum atomic E-state index is 0.279. The van der Waals surface area contributed by atoms with E-state index in [2.05, 4.69) is 15.9 Å². The molecular formula is C15H19BrCl2O. The first-order valence-electron chi connectivity index (χ1n) is 6.80. The Labute approximate surface area is 133 Å². The molecule has 0 radical (unpaired) electrons. The first-order chi connectivity index (χ1) is 9.13. The molecule has 0 heterocycles. The van der Waals surface area contributed by atoms with Crippen LogP contribution in [-0.2, 0) is 0 Å². The molecule has 0 aromatic heterocycles. The third-order valence-electron chi connectivity index (χ3n) is 3.88. The van der Waals surface area contributed by atoms with Crippen LogP contribution in [0.15, 0.2) is 12.1 Å². The van der Waals surface area contributed by atoms with Crippen LogP contribution in [0.2, 0.25) is 10.0 Å². The number of ether oxygens (including phenoxy) is 1. The quantitative estimate of drug-likeness (QED) is 0.444. The molecule has 1 aromatic carbocycles. The SMILES string of the molecule is COc1cc(Cl)c(C(Br)C2CCCCCC2)cc1Cl. The summed E-state index contributed by atoms with van der Waals surface area (Å²) < 4.78 is 5.19. The molecule has 2 rings (SSSR count). The van der Waals surface area contributed by atoms with Crippen molar-refractivity contribution in [3.63, 3.8) is 0 Å². The van der Waals surface area contributed by atoms with E-state index < -0.39 is 0 Å². The van der Waals surface area contributed by atoms with Crippen LogP contribution in [0.3, 0.4) is 0 Å². The molecule has 1 saturated carbocycles. The summed E-state index contributed by atoms with van der Waals surface area (Å²) in [6, 6.07) is 3.75. The van der Waals surface area contributed by atoms with Gasteiger partial charge in [-0.3, -0.25) is 0 Å². The smallest absolute Gasteiger partial charge is 0.138 e. The van der Waals surface area contributed by atoms with E-state index in [1.54, 1.807) is 7.11 Å². The van der Waals surface area contributed by atoms with Crippen molar-refractivity contribution < 1.29 is 4.74 Å². The van der Waals surface area contributed by atoms with Gasteiger partial charge >= 0.3 is 0 Å². The summed E-state index contributed by atoms with van der Waals surface area (Å²) in [6.45, 7) is 0. The molecule has 1 atom stereocenters. The summed E-state index contributed by atoms with van der Waals surface area (Å²) in [5.41, 5.74) is 1.08. The van der Waals surface area contributed by atoms with E-state index in [9.17, 15) is 0 Å². The van der Waals surface area contributed by atoms with Crippen LogP contribution in [-0.4, -0.2) is 7.11 Å². The molecule has 4 heteroatoms. The van der Waals surface area contributed by atoms with E-state index in [4.69, 9.17) is 27.9 Å². The van der Waals surface area contributed by atoms with Gasteiger partial charge in [0.1, 0.15) is 5.75 Å². The molecular weight excluding hydrogens is 347 g/mol. The van der Waals surface area contributed by atoms with Crippen LogP contribution in [0.5, 0.6) is 5.75 Å². The minimum Gasteiger partial charge on any atom is -0.495 e. The molecule has 1 aliphatic carbocycles. The predicted octanol–water partition coefficient (Wildman–Crippen LogP) is 6.41. The Hall–Kier alpha value is 0.0800. The van der Waals surface area contributed by atoms with Gasteiger partial charge in [-0.2, -0.15) is 0 Å². The Morgan fingerprint density at radius 2 is 1.74 bits per heavy atom. The van der Waals surface area contributed by atoms with Crippen LogP contribution in [0.25, 0.3) is 0 Å². The fraction of sp³-hybridized carbons (Fsp3) is 0.600. The average molecular weight is 366 g/mol. The van der Waals surface area contributed by atoms with Crippen LogP contribution in [0.4, 0.5) is 0 Å². The number of hydrogen-bond acceptors (Lipinski definition) is 1. The summed E-state index contributed by atoms with van der Waals surface area (Å²) in [6.07, 6.45) is 7.86. The van der Waals surface area contributed by atoms with Crippen LogP contribution in [0.1, 0.15) is 48.9 Å². The molecule has 0 N–H and O–H groups in total. The first kappa shape index (κ1) is 15.5. The Bertz CT molecular complexity index is 428. The van der Waals surface area contributed by atoms with Crippen LogP contribution >= 0.6 is 39.1 Å². The van der Waals surface area contributed by atoms with Crippen molar-refractivity contribution in [3.05, 3.63) is 27.7 Å². The molecule has 19 heavy (non-hydrogen) atoms. The lowest BCUT2D eigenvalue weighted by atomic mass is 9.92. The summed E-state index contributed by atoms with van der Waals surface area (Å²) in [5, 5.41) is 1.35. The van der Waals surface area contributed by atoms with Gasteiger partial charge < -0.3 is 4.74 Å². The molecule has 0 aliphatic heterocycles. The molecule has 1 fully saturated rings. The van der Waals surface area contributed by atoms with Crippen molar-refractivity contribution >= 4 is 39.1 Å². The number of hydrogen-bond donors (Lipinski definition) is 0. The topological polar surface area (TPSA) is 9.23 Å². The van der Waals surface area contributed by atoms with E-state index in [-0.39, 0.29) is 4.83 Å². The van der Waals surface area contributed by atoms with Crippen molar-refractivity contribution in [1.82, 2.24) is 0 Å². The fourth-order valence-corrected chi connectivity index (χ4v) is 4.33. The van der Waals surface area contributed by atoms with E-state index in [1.807, 2.05) is 12.1 Å². The molecule has 0 amide bonds. The van der Waals surface area contributed by atoms with E-state index in [0.29, 0.717) is 16.7 Å². The zero-order valence-corrected chi connectivity index (χ0v) is 14.2. The lowest BCUT2D eigenvalue weighted by Gasteiger charge is -2.22. The molecule has 0 spiro atoms. The van der Waals surface area contributed by atoms with Gasteiger partial charge in [0.05, 0.1) is 12.1 Å². The van der Waals surface area contributed by atoms with Crippen molar-refractivity contribution in [2.75, 3.05) is 7.11 Å². The number of benzene rings is 1. The highest BCUT2D eigenvalue weighted by atomic mass is 79.9. The summed E-state index contributed by atoms with van der Waals surface area (Å²) >= 11 is 16.4. The molecule has 1 aliphatic rings. The standard InChI is InChI=1S/C15H19BrCl2O/c1-19-14-9-12(17)11(8-13(14)18)15(16)10-6-4-2-3-5-7-10/h8-10,15H,2-7H2,1H3. The molecule has 1 aromatic rings. The number of halogens is 3. The fourth-order valence-electron chi connectivity index (χ4n) is 2.77. The largest absolute Gasteiger partial charge is 0.495 e. The molecule has 0 bridgehead atoms. The van der Waals surface area contributed by atoms with Crippen molar-refractivity contribution in [2.24, 2.45) is 5.92 Å². The van der Waals surface area contributed by atoms with Gasteiger partial charge in [0.15, 0.2) is 0 Å². The monoisotopic (exact) mass is 364 g/mol. The lowest BCUT2D eigenvalue weighted by molar-refractivity contribution is 0.414. The average Bonchev–Trinajstić information content (AvgIpc) is 2.69. The summed E-state index contributed by atoms with van der Waals surface area (Å²) in [5.74, 6) is 1.28. The van der Waals surface area contributed by atoms with Gasteiger partial charge in [-0.1, -0.05) is 64.8 Å². The zero-order chi connectivity index (χ0) is 13.8. The van der Waals surface area contributed by atoms with Crippen molar-refractivity contribution in [1.29, 1.82) is 0 Å². The molecule has 1 nitrogen and oxygen atoms in total. The maximum absolute atomic E-state index is 6.37. The first-order valence-corrected chi connectivity index (χ1v) is 8.47. The second-order valence-electron chi connectivity index (χ2n) is 5.16. The van der Waals surface area contributed by atoms with E-state index in [1.165, 1.54) is 38.5 Å². The maximum Gasteiger partial charge on any atom is 0.138 e. The number of methoxy groups -OCH3 is 1. The van der Waals surface area contributed by atoms with Gasteiger partial charge in [-0.25, -0.2) is 0 Å². The molecule has 1 unspecified atom stereocenters. The van der Waals surface area contributed by atoms with Crippen LogP contribution in [0, 0.1) is 5.92 Å². The summed E-state index contributed by atoms with van der Waals surface area (Å²) in [4.78, 5) is 0.279. The lowest BCUT2D eigenvalue weighted by Crippen LogP contribution is -2.07. The number of alkyl halides is 1. The predicted molar refractivity (Wildman–Crippen MR) is 85.9 cm³/mol. The van der Waals surface area contributed by atoms with Gasteiger partial charge in [0.25, 0.3) is 0 Å².